The highest BCUT2D eigenvalue weighted by molar-refractivity contribution is 7.85. The zero-order chi connectivity index (χ0) is 20.9. The Morgan fingerprint density at radius 3 is 1.36 bits per heavy atom. The summed E-state index contributed by atoms with van der Waals surface area (Å²) < 4.78 is 22.2. The summed E-state index contributed by atoms with van der Waals surface area (Å²) in [5.74, 6) is -0.0970. The second-order valence-corrected chi connectivity index (χ2v) is 9.02. The van der Waals surface area contributed by atoms with Crippen LogP contribution in [0.4, 0.5) is 0 Å². The SMILES string of the molecule is CCCCCCCCOC(=O)CCS(=O)CCC(=O)OCCCCCCCC. The summed E-state index contributed by atoms with van der Waals surface area (Å²) in [7, 11) is -1.19. The van der Waals surface area contributed by atoms with Crippen LogP contribution in [-0.4, -0.2) is 40.9 Å². The molecule has 0 radical (unpaired) electrons. The van der Waals surface area contributed by atoms with Gasteiger partial charge in [-0.2, -0.15) is 0 Å². The van der Waals surface area contributed by atoms with Crippen molar-refractivity contribution < 1.29 is 23.3 Å². The van der Waals surface area contributed by atoms with Crippen LogP contribution in [0.3, 0.4) is 0 Å². The average Bonchev–Trinajstić information content (AvgIpc) is 2.69. The van der Waals surface area contributed by atoms with E-state index < -0.39 is 10.8 Å². The number of hydrogen-bond donors (Lipinski definition) is 0. The van der Waals surface area contributed by atoms with Crippen LogP contribution in [-0.2, 0) is 29.9 Å². The van der Waals surface area contributed by atoms with Crippen LogP contribution in [0.5, 0.6) is 0 Å². The lowest BCUT2D eigenvalue weighted by atomic mass is 10.1. The number of hydrogen-bond acceptors (Lipinski definition) is 5. The quantitative estimate of drug-likeness (QED) is 0.198. The van der Waals surface area contributed by atoms with Crippen molar-refractivity contribution >= 4 is 22.7 Å². The second-order valence-electron chi connectivity index (χ2n) is 7.32. The minimum Gasteiger partial charge on any atom is -0.466 e. The van der Waals surface area contributed by atoms with Gasteiger partial charge in [-0.1, -0.05) is 78.1 Å². The summed E-state index contributed by atoms with van der Waals surface area (Å²) in [5, 5.41) is 0. The molecule has 0 saturated carbocycles. The third-order valence-corrected chi connectivity index (χ3v) is 5.91. The summed E-state index contributed by atoms with van der Waals surface area (Å²) in [6.45, 7) is 5.26. The molecule has 0 aliphatic rings. The van der Waals surface area contributed by atoms with Gasteiger partial charge in [0.1, 0.15) is 0 Å². The molecule has 0 aliphatic carbocycles. The highest BCUT2D eigenvalue weighted by Crippen LogP contribution is 2.06. The van der Waals surface area contributed by atoms with E-state index in [0.29, 0.717) is 13.2 Å². The van der Waals surface area contributed by atoms with E-state index in [1.807, 2.05) is 0 Å². The lowest BCUT2D eigenvalue weighted by Gasteiger charge is -2.06. The number of carbonyl (C=O) groups excluding carboxylic acids is 2. The predicted octanol–water partition coefficient (Wildman–Crippen LogP) is 5.32. The molecule has 166 valence electrons. The minimum atomic E-state index is -1.19. The van der Waals surface area contributed by atoms with Gasteiger partial charge in [-0.25, -0.2) is 0 Å². The van der Waals surface area contributed by atoms with Crippen molar-refractivity contribution in [3.63, 3.8) is 0 Å². The molecule has 6 heteroatoms. The molecule has 0 amide bonds. The molecule has 0 heterocycles. The second kappa shape index (κ2) is 20.8. The molecular weight excluding hydrogens is 376 g/mol. The summed E-state index contributed by atoms with van der Waals surface area (Å²) in [5.41, 5.74) is 0. The molecule has 0 aromatic carbocycles. The van der Waals surface area contributed by atoms with Crippen molar-refractivity contribution in [3.05, 3.63) is 0 Å². The van der Waals surface area contributed by atoms with Crippen LogP contribution in [0.1, 0.15) is 104 Å². The first-order valence-corrected chi connectivity index (χ1v) is 12.7. The van der Waals surface area contributed by atoms with Crippen molar-refractivity contribution in [1.82, 2.24) is 0 Å². The van der Waals surface area contributed by atoms with Gasteiger partial charge in [-0.15, -0.1) is 0 Å². The highest BCUT2D eigenvalue weighted by atomic mass is 32.2. The van der Waals surface area contributed by atoms with Gasteiger partial charge in [0, 0.05) is 22.3 Å². The average molecular weight is 419 g/mol. The van der Waals surface area contributed by atoms with Crippen LogP contribution in [0.15, 0.2) is 0 Å². The molecule has 0 aliphatic heterocycles. The number of rotatable bonds is 20. The van der Waals surface area contributed by atoms with Crippen LogP contribution in [0, 0.1) is 0 Å². The fraction of sp³-hybridized carbons (Fsp3) is 0.909. The zero-order valence-electron chi connectivity index (χ0n) is 18.2. The van der Waals surface area contributed by atoms with Gasteiger partial charge in [0.05, 0.1) is 26.1 Å². The van der Waals surface area contributed by atoms with Crippen LogP contribution < -0.4 is 0 Å². The van der Waals surface area contributed by atoms with Crippen LogP contribution >= 0.6 is 0 Å². The van der Waals surface area contributed by atoms with Gasteiger partial charge >= 0.3 is 11.9 Å². The molecule has 0 bridgehead atoms. The Labute approximate surface area is 174 Å². The number of carbonyl (C=O) groups is 2. The van der Waals surface area contributed by atoms with E-state index in [4.69, 9.17) is 9.47 Å². The van der Waals surface area contributed by atoms with Crippen molar-refractivity contribution in [2.75, 3.05) is 24.7 Å². The molecule has 0 saturated heterocycles. The minimum absolute atomic E-state index is 0.148. The van der Waals surface area contributed by atoms with E-state index in [9.17, 15) is 13.8 Å². The normalized spacial score (nSPS) is 11.0. The molecule has 0 fully saturated rings. The van der Waals surface area contributed by atoms with Gasteiger partial charge in [0.2, 0.25) is 0 Å². The van der Waals surface area contributed by atoms with Crippen molar-refractivity contribution in [2.24, 2.45) is 0 Å². The molecule has 28 heavy (non-hydrogen) atoms. The molecule has 0 rings (SSSR count). The van der Waals surface area contributed by atoms with Crippen molar-refractivity contribution in [2.45, 2.75) is 104 Å². The topological polar surface area (TPSA) is 69.7 Å². The first kappa shape index (κ1) is 27.1. The Morgan fingerprint density at radius 2 is 0.964 bits per heavy atom. The lowest BCUT2D eigenvalue weighted by Crippen LogP contribution is -2.15. The van der Waals surface area contributed by atoms with E-state index >= 15 is 0 Å². The molecule has 0 unspecified atom stereocenters. The Hall–Kier alpha value is -0.910. The van der Waals surface area contributed by atoms with E-state index in [1.54, 1.807) is 0 Å². The Morgan fingerprint density at radius 1 is 0.607 bits per heavy atom. The van der Waals surface area contributed by atoms with E-state index in [1.165, 1.54) is 51.4 Å². The van der Waals surface area contributed by atoms with Crippen molar-refractivity contribution in [3.8, 4) is 0 Å². The monoisotopic (exact) mass is 418 g/mol. The smallest absolute Gasteiger partial charge is 0.306 e. The summed E-state index contributed by atoms with van der Waals surface area (Å²) in [4.78, 5) is 23.3. The van der Waals surface area contributed by atoms with E-state index in [-0.39, 0.29) is 36.3 Å². The van der Waals surface area contributed by atoms with Gasteiger partial charge in [0.25, 0.3) is 0 Å². The molecular formula is C22H42O5S. The van der Waals surface area contributed by atoms with Crippen molar-refractivity contribution in [1.29, 1.82) is 0 Å². The maximum absolute atomic E-state index is 11.9. The van der Waals surface area contributed by atoms with Gasteiger partial charge in [-0.3, -0.25) is 13.8 Å². The molecule has 0 N–H and O–H groups in total. The van der Waals surface area contributed by atoms with Crippen LogP contribution in [0.25, 0.3) is 0 Å². The molecule has 0 aromatic rings. The third-order valence-electron chi connectivity index (χ3n) is 4.59. The Bertz CT molecular complexity index is 376. The lowest BCUT2D eigenvalue weighted by molar-refractivity contribution is -0.144. The summed E-state index contributed by atoms with van der Waals surface area (Å²) in [6, 6.07) is 0. The first-order valence-electron chi connectivity index (χ1n) is 11.3. The predicted molar refractivity (Wildman–Crippen MR) is 116 cm³/mol. The van der Waals surface area contributed by atoms with Gasteiger partial charge in [0.15, 0.2) is 0 Å². The number of unbranched alkanes of at least 4 members (excludes halogenated alkanes) is 10. The maximum Gasteiger partial charge on any atom is 0.306 e. The third kappa shape index (κ3) is 19.8. The molecule has 5 nitrogen and oxygen atoms in total. The fourth-order valence-electron chi connectivity index (χ4n) is 2.78. The van der Waals surface area contributed by atoms with Crippen LogP contribution in [0.2, 0.25) is 0 Å². The van der Waals surface area contributed by atoms with E-state index in [2.05, 4.69) is 13.8 Å². The molecule has 0 spiro atoms. The first-order chi connectivity index (χ1) is 13.6. The summed E-state index contributed by atoms with van der Waals surface area (Å²) >= 11 is 0. The Balaban J connectivity index is 3.49. The molecule has 0 aromatic heterocycles. The summed E-state index contributed by atoms with van der Waals surface area (Å²) in [6.07, 6.45) is 14.1. The number of esters is 2. The van der Waals surface area contributed by atoms with E-state index in [0.717, 1.165) is 25.7 Å². The fourth-order valence-corrected chi connectivity index (χ4v) is 3.77. The van der Waals surface area contributed by atoms with Gasteiger partial charge in [-0.05, 0) is 12.8 Å². The van der Waals surface area contributed by atoms with Gasteiger partial charge < -0.3 is 9.47 Å². The molecule has 0 atom stereocenters. The standard InChI is InChI=1S/C22H42O5S/c1-3-5-7-9-11-13-17-26-21(23)15-19-28(25)20-16-22(24)27-18-14-12-10-8-6-4-2/h3-20H2,1-2H3. The number of ether oxygens (including phenoxy) is 2. The highest BCUT2D eigenvalue weighted by Gasteiger charge is 2.10. The Kier molecular flexibility index (Phi) is 20.1. The maximum atomic E-state index is 11.9. The largest absolute Gasteiger partial charge is 0.466 e. The zero-order valence-corrected chi connectivity index (χ0v) is 19.0.